The van der Waals surface area contributed by atoms with E-state index in [0.717, 1.165) is 0 Å². The number of rotatable bonds is 2. The zero-order chi connectivity index (χ0) is 15.0. The minimum atomic E-state index is -0.497. The number of Topliss-reactive ketones (excluding diaryl/α,β-unsaturated/α-hetero) is 1. The van der Waals surface area contributed by atoms with Crippen LogP contribution in [0.25, 0.3) is 0 Å². The van der Waals surface area contributed by atoms with E-state index in [4.69, 9.17) is 9.15 Å². The summed E-state index contributed by atoms with van der Waals surface area (Å²) in [5.41, 5.74) is 0.529. The molecule has 0 fully saturated rings. The van der Waals surface area contributed by atoms with Crippen LogP contribution in [-0.4, -0.2) is 17.3 Å². The van der Waals surface area contributed by atoms with Gasteiger partial charge in [-0.2, -0.15) is 0 Å². The highest BCUT2D eigenvalue weighted by atomic mass is 16.5. The van der Waals surface area contributed by atoms with Crippen LogP contribution in [0.5, 0.6) is 5.75 Å². The van der Waals surface area contributed by atoms with E-state index in [1.165, 1.54) is 6.26 Å². The highest BCUT2D eigenvalue weighted by molar-refractivity contribution is 6.05. The molecule has 1 aliphatic rings. The van der Waals surface area contributed by atoms with Crippen molar-refractivity contribution in [3.05, 3.63) is 47.9 Å². The van der Waals surface area contributed by atoms with Crippen LogP contribution in [0.1, 0.15) is 41.2 Å². The molecule has 2 heterocycles. The lowest BCUT2D eigenvalue weighted by atomic mass is 9.93. The maximum absolute atomic E-state index is 12.2. The molecule has 0 aliphatic carbocycles. The summed E-state index contributed by atoms with van der Waals surface area (Å²) in [4.78, 5) is 24.1. The molecule has 2 aromatic rings. The third-order valence-corrected chi connectivity index (χ3v) is 3.26. The molecule has 3 rings (SSSR count). The zero-order valence-electron chi connectivity index (χ0n) is 11.8. The number of carbonyl (C=O) groups excluding carboxylic acids is 2. The molecule has 0 bridgehead atoms. The Kier molecular flexibility index (Phi) is 3.05. The molecule has 5 heteroatoms. The average Bonchev–Trinajstić information content (AvgIpc) is 2.92. The first-order valence-corrected chi connectivity index (χ1v) is 6.66. The van der Waals surface area contributed by atoms with Gasteiger partial charge in [-0.15, -0.1) is 0 Å². The summed E-state index contributed by atoms with van der Waals surface area (Å²) in [5.74, 6) is 0.420. The fourth-order valence-corrected chi connectivity index (χ4v) is 2.33. The van der Waals surface area contributed by atoms with Crippen LogP contribution in [0.4, 0.5) is 5.69 Å². The number of ether oxygens (including phenoxy) is 1. The molecule has 1 aromatic heterocycles. The van der Waals surface area contributed by atoms with Gasteiger partial charge in [-0.3, -0.25) is 9.59 Å². The second kappa shape index (κ2) is 4.77. The molecule has 5 nitrogen and oxygen atoms in total. The number of furan rings is 1. The van der Waals surface area contributed by atoms with Crippen LogP contribution in [0.2, 0.25) is 0 Å². The fraction of sp³-hybridized carbons (Fsp3) is 0.250. The molecule has 1 aromatic carbocycles. The van der Waals surface area contributed by atoms with Crippen LogP contribution >= 0.6 is 0 Å². The summed E-state index contributed by atoms with van der Waals surface area (Å²) in [5, 5.41) is 2.70. The van der Waals surface area contributed by atoms with Crippen molar-refractivity contribution in [2.45, 2.75) is 25.9 Å². The molecular weight excluding hydrogens is 270 g/mol. The Morgan fingerprint density at radius 1 is 1.29 bits per heavy atom. The van der Waals surface area contributed by atoms with Gasteiger partial charge in [0.1, 0.15) is 11.4 Å². The van der Waals surface area contributed by atoms with E-state index in [9.17, 15) is 9.59 Å². The smallest absolute Gasteiger partial charge is 0.291 e. The van der Waals surface area contributed by atoms with Gasteiger partial charge in [-0.25, -0.2) is 0 Å². The van der Waals surface area contributed by atoms with Crippen LogP contribution in [0.15, 0.2) is 41.0 Å². The quantitative estimate of drug-likeness (QED) is 0.919. The lowest BCUT2D eigenvalue weighted by Crippen LogP contribution is -2.35. The molecule has 108 valence electrons. The van der Waals surface area contributed by atoms with Crippen molar-refractivity contribution >= 4 is 17.4 Å². The van der Waals surface area contributed by atoms with E-state index in [1.54, 1.807) is 30.3 Å². The largest absolute Gasteiger partial charge is 0.487 e. The topological polar surface area (TPSA) is 68.5 Å². The summed E-state index contributed by atoms with van der Waals surface area (Å²) in [6.07, 6.45) is 1.75. The van der Waals surface area contributed by atoms with Gasteiger partial charge >= 0.3 is 0 Å². The van der Waals surface area contributed by atoms with Crippen LogP contribution < -0.4 is 10.1 Å². The Morgan fingerprint density at radius 2 is 2.10 bits per heavy atom. The van der Waals surface area contributed by atoms with Gasteiger partial charge in [-0.05, 0) is 44.2 Å². The van der Waals surface area contributed by atoms with E-state index in [-0.39, 0.29) is 17.5 Å². The Morgan fingerprint density at radius 3 is 2.81 bits per heavy atom. The molecular formula is C16H15NO4. The summed E-state index contributed by atoms with van der Waals surface area (Å²) >= 11 is 0. The lowest BCUT2D eigenvalue weighted by molar-refractivity contribution is 0.0620. The maximum Gasteiger partial charge on any atom is 0.291 e. The fourth-order valence-electron chi connectivity index (χ4n) is 2.33. The lowest BCUT2D eigenvalue weighted by Gasteiger charge is -2.31. The molecule has 0 spiro atoms. The van der Waals surface area contributed by atoms with E-state index >= 15 is 0 Å². The number of hydrogen-bond acceptors (Lipinski definition) is 4. The highest BCUT2D eigenvalue weighted by Gasteiger charge is 2.32. The van der Waals surface area contributed by atoms with Gasteiger partial charge in [-0.1, -0.05) is 0 Å². The van der Waals surface area contributed by atoms with Crippen molar-refractivity contribution in [3.63, 3.8) is 0 Å². The number of fused-ring (bicyclic) bond motifs is 1. The van der Waals surface area contributed by atoms with Crippen molar-refractivity contribution in [1.82, 2.24) is 0 Å². The summed E-state index contributed by atoms with van der Waals surface area (Å²) in [6.45, 7) is 3.75. The predicted molar refractivity (Wildman–Crippen MR) is 76.8 cm³/mol. The molecule has 0 saturated carbocycles. The minimum absolute atomic E-state index is 0.00958. The van der Waals surface area contributed by atoms with Gasteiger partial charge in [0.2, 0.25) is 0 Å². The first-order valence-electron chi connectivity index (χ1n) is 6.66. The second-order valence-electron chi connectivity index (χ2n) is 5.60. The first kappa shape index (κ1) is 13.4. The summed E-state index contributed by atoms with van der Waals surface area (Å²) in [7, 11) is 0. The Balaban J connectivity index is 1.85. The van der Waals surface area contributed by atoms with Crippen molar-refractivity contribution in [1.29, 1.82) is 0 Å². The van der Waals surface area contributed by atoms with Crippen molar-refractivity contribution in [3.8, 4) is 5.75 Å². The second-order valence-corrected chi connectivity index (χ2v) is 5.60. The number of nitrogens with one attached hydrogen (secondary N) is 1. The van der Waals surface area contributed by atoms with Crippen molar-refractivity contribution in [2.75, 3.05) is 5.32 Å². The Labute approximate surface area is 121 Å². The first-order chi connectivity index (χ1) is 9.94. The van der Waals surface area contributed by atoms with Gasteiger partial charge in [0.15, 0.2) is 11.5 Å². The van der Waals surface area contributed by atoms with Crippen LogP contribution in [0, 0.1) is 0 Å². The monoisotopic (exact) mass is 285 g/mol. The van der Waals surface area contributed by atoms with Crippen LogP contribution in [-0.2, 0) is 0 Å². The number of amides is 1. The predicted octanol–water partition coefficient (Wildman–Crippen LogP) is 3.28. The third kappa shape index (κ3) is 2.67. The van der Waals surface area contributed by atoms with Crippen molar-refractivity contribution in [2.24, 2.45) is 0 Å². The maximum atomic E-state index is 12.2. The standard InChI is InChI=1S/C16H15NO4/c1-16(2)9-12(18)11-8-10(5-6-13(11)21-16)17-15(19)14-4-3-7-20-14/h3-8H,9H2,1-2H3,(H,17,19). The normalized spacial score (nSPS) is 16.0. The van der Waals surface area contributed by atoms with Gasteiger partial charge in [0.25, 0.3) is 5.91 Å². The SMILES string of the molecule is CC1(C)CC(=O)c2cc(NC(=O)c3ccco3)ccc2O1. The molecule has 0 atom stereocenters. The summed E-state index contributed by atoms with van der Waals surface area (Å²) in [6, 6.07) is 8.25. The molecule has 1 N–H and O–H groups in total. The number of benzene rings is 1. The molecule has 0 unspecified atom stereocenters. The summed E-state index contributed by atoms with van der Waals surface area (Å²) < 4.78 is 10.8. The Hall–Kier alpha value is -2.56. The number of carbonyl (C=O) groups is 2. The van der Waals surface area contributed by atoms with Gasteiger partial charge in [0.05, 0.1) is 18.2 Å². The van der Waals surface area contributed by atoms with E-state index in [0.29, 0.717) is 23.4 Å². The van der Waals surface area contributed by atoms with Crippen molar-refractivity contribution < 1.29 is 18.7 Å². The molecule has 0 radical (unpaired) electrons. The van der Waals surface area contributed by atoms with E-state index in [1.807, 2.05) is 13.8 Å². The molecule has 1 aliphatic heterocycles. The average molecular weight is 285 g/mol. The van der Waals surface area contributed by atoms with Gasteiger partial charge < -0.3 is 14.5 Å². The van der Waals surface area contributed by atoms with Crippen LogP contribution in [0.3, 0.4) is 0 Å². The number of ketones is 1. The highest BCUT2D eigenvalue weighted by Crippen LogP contribution is 2.34. The third-order valence-electron chi connectivity index (χ3n) is 3.26. The molecule has 0 saturated heterocycles. The number of anilines is 1. The molecule has 1 amide bonds. The molecule has 21 heavy (non-hydrogen) atoms. The van der Waals surface area contributed by atoms with E-state index < -0.39 is 5.60 Å². The van der Waals surface area contributed by atoms with Gasteiger partial charge in [0, 0.05) is 5.69 Å². The number of hydrogen-bond donors (Lipinski definition) is 1. The van der Waals surface area contributed by atoms with E-state index in [2.05, 4.69) is 5.32 Å². The minimum Gasteiger partial charge on any atom is -0.487 e. The Bertz CT molecular complexity index is 701. The zero-order valence-corrected chi connectivity index (χ0v) is 11.8.